The van der Waals surface area contributed by atoms with E-state index >= 15 is 0 Å². The van der Waals surface area contributed by atoms with E-state index in [1.54, 1.807) is 0 Å². The molecule has 0 spiro atoms. The topological polar surface area (TPSA) is 52.9 Å². The Balaban J connectivity index is 1.84. The predicted octanol–water partition coefficient (Wildman–Crippen LogP) is 3.20. The number of nitriles is 1. The third-order valence-corrected chi connectivity index (χ3v) is 3.88. The van der Waals surface area contributed by atoms with Crippen LogP contribution in [-0.2, 0) is 0 Å². The van der Waals surface area contributed by atoms with Crippen LogP contribution in [0.25, 0.3) is 0 Å². The zero-order valence-electron chi connectivity index (χ0n) is 11.4. The summed E-state index contributed by atoms with van der Waals surface area (Å²) in [6.45, 7) is 2.01. The van der Waals surface area contributed by atoms with E-state index in [-0.39, 0.29) is 11.9 Å². The van der Waals surface area contributed by atoms with Crippen LogP contribution in [0.2, 0.25) is 0 Å². The van der Waals surface area contributed by atoms with Crippen LogP contribution < -0.4 is 5.32 Å². The molecule has 0 atom stereocenters. The highest BCUT2D eigenvalue weighted by molar-refractivity contribution is 5.94. The van der Waals surface area contributed by atoms with Gasteiger partial charge in [-0.25, -0.2) is 0 Å². The maximum absolute atomic E-state index is 12.1. The van der Waals surface area contributed by atoms with Crippen LogP contribution in [0.4, 0.5) is 0 Å². The Morgan fingerprint density at radius 1 is 1.26 bits per heavy atom. The number of aryl methyl sites for hydroxylation is 1. The van der Waals surface area contributed by atoms with Gasteiger partial charge in [0.05, 0.1) is 6.07 Å². The van der Waals surface area contributed by atoms with E-state index in [0.717, 1.165) is 36.8 Å². The van der Waals surface area contributed by atoms with Crippen molar-refractivity contribution < 1.29 is 4.79 Å². The monoisotopic (exact) mass is 256 g/mol. The summed E-state index contributed by atoms with van der Waals surface area (Å²) in [7, 11) is 0. The van der Waals surface area contributed by atoms with Crippen LogP contribution in [-0.4, -0.2) is 11.9 Å². The summed E-state index contributed by atoms with van der Waals surface area (Å²) < 4.78 is 0. The summed E-state index contributed by atoms with van der Waals surface area (Å²) in [5.41, 5.74) is 1.89. The molecule has 1 aromatic rings. The lowest BCUT2D eigenvalue weighted by atomic mass is 9.84. The molecule has 0 bridgehead atoms. The Morgan fingerprint density at radius 2 is 1.89 bits per heavy atom. The minimum absolute atomic E-state index is 0.0173. The van der Waals surface area contributed by atoms with Crippen molar-refractivity contribution in [2.75, 3.05) is 0 Å². The quantitative estimate of drug-likeness (QED) is 0.903. The molecule has 1 aliphatic rings. The summed E-state index contributed by atoms with van der Waals surface area (Å²) in [5, 5.41) is 11.8. The van der Waals surface area contributed by atoms with Crippen molar-refractivity contribution in [1.29, 1.82) is 5.26 Å². The van der Waals surface area contributed by atoms with Gasteiger partial charge in [-0.15, -0.1) is 0 Å². The fourth-order valence-corrected chi connectivity index (χ4v) is 2.61. The van der Waals surface area contributed by atoms with Gasteiger partial charge in [-0.1, -0.05) is 17.7 Å². The highest BCUT2D eigenvalue weighted by atomic mass is 16.1. The van der Waals surface area contributed by atoms with E-state index in [0.29, 0.717) is 12.3 Å². The molecule has 1 aliphatic carbocycles. The molecular weight excluding hydrogens is 236 g/mol. The molecule has 1 saturated carbocycles. The number of amides is 1. The highest BCUT2D eigenvalue weighted by Gasteiger charge is 2.22. The Labute approximate surface area is 114 Å². The van der Waals surface area contributed by atoms with Gasteiger partial charge in [0.25, 0.3) is 5.91 Å². The number of benzene rings is 1. The average molecular weight is 256 g/mol. The summed E-state index contributed by atoms with van der Waals surface area (Å²) in [4.78, 5) is 12.1. The van der Waals surface area contributed by atoms with Crippen LogP contribution in [0.1, 0.15) is 48.0 Å². The lowest BCUT2D eigenvalue weighted by Gasteiger charge is -2.27. The molecule has 1 N–H and O–H groups in total. The third kappa shape index (κ3) is 3.82. The fraction of sp³-hybridized carbons (Fsp3) is 0.500. The standard InChI is InChI=1S/C16H20N2O/c1-12-2-6-14(7-3-12)16(19)18-15-8-4-13(5-9-15)10-11-17/h2-3,6-7,13,15H,4-5,8-10H2,1H3,(H,18,19). The molecule has 2 rings (SSSR count). The zero-order valence-corrected chi connectivity index (χ0v) is 11.4. The summed E-state index contributed by atoms with van der Waals surface area (Å²) >= 11 is 0. The van der Waals surface area contributed by atoms with Crippen molar-refractivity contribution in [3.8, 4) is 6.07 Å². The number of nitrogens with one attached hydrogen (secondary N) is 1. The first-order chi connectivity index (χ1) is 9.19. The normalized spacial score (nSPS) is 22.5. The van der Waals surface area contributed by atoms with Crippen molar-refractivity contribution in [2.45, 2.75) is 45.1 Å². The van der Waals surface area contributed by atoms with Crippen molar-refractivity contribution >= 4 is 5.91 Å². The van der Waals surface area contributed by atoms with Crippen molar-refractivity contribution in [3.63, 3.8) is 0 Å². The lowest BCUT2D eigenvalue weighted by molar-refractivity contribution is 0.0922. The summed E-state index contributed by atoms with van der Waals surface area (Å²) in [6, 6.07) is 10.2. The van der Waals surface area contributed by atoms with Gasteiger partial charge in [0.1, 0.15) is 0 Å². The van der Waals surface area contributed by atoms with E-state index in [1.165, 1.54) is 0 Å². The van der Waals surface area contributed by atoms with Crippen molar-refractivity contribution in [3.05, 3.63) is 35.4 Å². The SMILES string of the molecule is Cc1ccc(C(=O)NC2CCC(CC#N)CC2)cc1. The fourth-order valence-electron chi connectivity index (χ4n) is 2.61. The van der Waals surface area contributed by atoms with E-state index < -0.39 is 0 Å². The van der Waals surface area contributed by atoms with Crippen LogP contribution in [0.3, 0.4) is 0 Å². The highest BCUT2D eigenvalue weighted by Crippen LogP contribution is 2.26. The second-order valence-corrected chi connectivity index (χ2v) is 5.42. The van der Waals surface area contributed by atoms with Gasteiger partial charge < -0.3 is 5.32 Å². The Bertz CT molecular complexity index is 465. The van der Waals surface area contributed by atoms with Gasteiger partial charge >= 0.3 is 0 Å². The molecule has 0 aromatic heterocycles. The minimum atomic E-state index is 0.0173. The first-order valence-corrected chi connectivity index (χ1v) is 6.93. The maximum Gasteiger partial charge on any atom is 0.251 e. The number of hydrogen-bond acceptors (Lipinski definition) is 2. The Morgan fingerprint density at radius 3 is 2.47 bits per heavy atom. The number of nitrogens with zero attached hydrogens (tertiary/aromatic N) is 1. The first kappa shape index (κ1) is 13.6. The summed E-state index contributed by atoms with van der Waals surface area (Å²) in [6.07, 6.45) is 4.73. The number of carbonyl (C=O) groups is 1. The molecule has 1 amide bonds. The first-order valence-electron chi connectivity index (χ1n) is 6.93. The maximum atomic E-state index is 12.1. The molecule has 0 saturated heterocycles. The van der Waals surface area contributed by atoms with Gasteiger partial charge in [-0.2, -0.15) is 5.26 Å². The molecule has 0 aliphatic heterocycles. The molecule has 3 heteroatoms. The predicted molar refractivity (Wildman–Crippen MR) is 74.6 cm³/mol. The summed E-state index contributed by atoms with van der Waals surface area (Å²) in [5.74, 6) is 0.543. The number of rotatable bonds is 3. The van der Waals surface area contributed by atoms with Gasteiger partial charge in [-0.05, 0) is 50.7 Å². The molecule has 100 valence electrons. The van der Waals surface area contributed by atoms with Gasteiger partial charge in [-0.3, -0.25) is 4.79 Å². The second-order valence-electron chi connectivity index (χ2n) is 5.42. The van der Waals surface area contributed by atoms with E-state index in [1.807, 2.05) is 31.2 Å². The molecule has 0 heterocycles. The zero-order chi connectivity index (χ0) is 13.7. The van der Waals surface area contributed by atoms with E-state index in [4.69, 9.17) is 5.26 Å². The van der Waals surface area contributed by atoms with Crippen LogP contribution >= 0.6 is 0 Å². The van der Waals surface area contributed by atoms with Crippen LogP contribution in [0.5, 0.6) is 0 Å². The van der Waals surface area contributed by atoms with Gasteiger partial charge in [0.15, 0.2) is 0 Å². The largest absolute Gasteiger partial charge is 0.349 e. The molecule has 0 radical (unpaired) electrons. The van der Waals surface area contributed by atoms with E-state index in [2.05, 4.69) is 11.4 Å². The number of carbonyl (C=O) groups excluding carboxylic acids is 1. The van der Waals surface area contributed by atoms with Gasteiger partial charge in [0.2, 0.25) is 0 Å². The van der Waals surface area contributed by atoms with E-state index in [9.17, 15) is 4.79 Å². The average Bonchev–Trinajstić information content (AvgIpc) is 2.42. The smallest absolute Gasteiger partial charge is 0.251 e. The van der Waals surface area contributed by atoms with Crippen LogP contribution in [0.15, 0.2) is 24.3 Å². The molecule has 0 unspecified atom stereocenters. The van der Waals surface area contributed by atoms with Crippen molar-refractivity contribution in [2.24, 2.45) is 5.92 Å². The number of hydrogen-bond donors (Lipinski definition) is 1. The lowest BCUT2D eigenvalue weighted by Crippen LogP contribution is -2.37. The molecule has 1 fully saturated rings. The minimum Gasteiger partial charge on any atom is -0.349 e. The molecule has 1 aromatic carbocycles. The second kappa shape index (κ2) is 6.38. The van der Waals surface area contributed by atoms with Crippen LogP contribution in [0, 0.1) is 24.2 Å². The third-order valence-electron chi connectivity index (χ3n) is 3.88. The van der Waals surface area contributed by atoms with Gasteiger partial charge in [0, 0.05) is 18.0 Å². The molecule has 3 nitrogen and oxygen atoms in total. The van der Waals surface area contributed by atoms with Crippen molar-refractivity contribution in [1.82, 2.24) is 5.32 Å². The Kier molecular flexibility index (Phi) is 4.57. The molecular formula is C16H20N2O. The Hall–Kier alpha value is -1.82. The molecule has 19 heavy (non-hydrogen) atoms.